The number of amides is 1. The zero-order valence-corrected chi connectivity index (χ0v) is 17.9. The largest absolute Gasteiger partial charge is 0.507 e. The molecule has 1 atom stereocenters. The second kappa shape index (κ2) is 8.35. The van der Waals surface area contributed by atoms with E-state index < -0.39 is 35.3 Å². The normalized spacial score (nSPS) is 17.6. The van der Waals surface area contributed by atoms with Gasteiger partial charge < -0.3 is 9.84 Å². The van der Waals surface area contributed by atoms with Crippen LogP contribution in [-0.2, 0) is 14.3 Å². The molecule has 2 aromatic carbocycles. The zero-order valence-electron chi connectivity index (χ0n) is 17.0. The SMILES string of the molecule is COC(=O)c1sc(N2C(=O)C(=O)C(=C(O)c3ccccc3)[C@H]2c2ccccc2F)nc1C. The molecule has 0 radical (unpaired) electrons. The maximum Gasteiger partial charge on any atom is 0.350 e. The van der Waals surface area contributed by atoms with Crippen molar-refractivity contribution in [2.24, 2.45) is 0 Å². The molecular formula is C23H17FN2O5S. The van der Waals surface area contributed by atoms with Crippen LogP contribution in [0.5, 0.6) is 0 Å². The smallest absolute Gasteiger partial charge is 0.350 e. The number of rotatable bonds is 4. The number of aliphatic hydroxyl groups is 1. The Morgan fingerprint density at radius 1 is 1.12 bits per heavy atom. The highest BCUT2D eigenvalue weighted by atomic mass is 32.1. The lowest BCUT2D eigenvalue weighted by molar-refractivity contribution is -0.132. The summed E-state index contributed by atoms with van der Waals surface area (Å²) in [5, 5.41) is 11.0. The Labute approximate surface area is 186 Å². The number of halogens is 1. The molecule has 1 amide bonds. The number of esters is 1. The minimum Gasteiger partial charge on any atom is -0.507 e. The van der Waals surface area contributed by atoms with Crippen molar-refractivity contribution < 1.29 is 28.6 Å². The molecule has 4 rings (SSSR count). The standard InChI is InChI=1S/C23H17FN2O5S/c1-12-20(22(30)31-2)32-23(25-12)26-17(14-10-6-7-11-15(14)24)16(19(28)21(26)29)18(27)13-8-4-3-5-9-13/h3-11,17,27H,1-2H3/t17-/m1/s1. The lowest BCUT2D eigenvalue weighted by Crippen LogP contribution is -2.29. The molecule has 0 spiro atoms. The Kier molecular flexibility index (Phi) is 5.58. The summed E-state index contributed by atoms with van der Waals surface area (Å²) in [5.41, 5.74) is 0.349. The van der Waals surface area contributed by atoms with Crippen molar-refractivity contribution >= 4 is 39.9 Å². The maximum absolute atomic E-state index is 14.8. The Morgan fingerprint density at radius 2 is 1.78 bits per heavy atom. The highest BCUT2D eigenvalue weighted by Gasteiger charge is 2.49. The number of anilines is 1. The van der Waals surface area contributed by atoms with Crippen LogP contribution in [0.25, 0.3) is 5.76 Å². The summed E-state index contributed by atoms with van der Waals surface area (Å²) < 4.78 is 19.6. The van der Waals surface area contributed by atoms with Crippen LogP contribution < -0.4 is 4.90 Å². The van der Waals surface area contributed by atoms with Gasteiger partial charge in [-0.25, -0.2) is 14.2 Å². The van der Waals surface area contributed by atoms with Gasteiger partial charge in [0.1, 0.15) is 22.5 Å². The first-order valence-corrected chi connectivity index (χ1v) is 10.3. The number of hydrogen-bond donors (Lipinski definition) is 1. The first-order chi connectivity index (χ1) is 15.3. The fourth-order valence-electron chi connectivity index (χ4n) is 3.54. The predicted molar refractivity (Wildman–Crippen MR) is 116 cm³/mol. The van der Waals surface area contributed by atoms with Gasteiger partial charge in [-0.15, -0.1) is 0 Å². The van der Waals surface area contributed by atoms with E-state index in [1.54, 1.807) is 43.3 Å². The second-order valence-corrected chi connectivity index (χ2v) is 7.94. The molecule has 32 heavy (non-hydrogen) atoms. The summed E-state index contributed by atoms with van der Waals surface area (Å²) in [7, 11) is 1.21. The van der Waals surface area contributed by atoms with Gasteiger partial charge >= 0.3 is 11.9 Å². The first-order valence-electron chi connectivity index (χ1n) is 9.51. The molecular weight excluding hydrogens is 435 g/mol. The molecule has 7 nitrogen and oxygen atoms in total. The number of methoxy groups -OCH3 is 1. The van der Waals surface area contributed by atoms with Crippen molar-refractivity contribution in [3.05, 3.63) is 87.7 Å². The van der Waals surface area contributed by atoms with E-state index in [-0.39, 0.29) is 21.1 Å². The van der Waals surface area contributed by atoms with Crippen molar-refractivity contribution in [1.82, 2.24) is 4.98 Å². The molecule has 1 aliphatic rings. The number of thiazole rings is 1. The van der Waals surface area contributed by atoms with E-state index in [1.807, 2.05) is 0 Å². The number of aromatic nitrogens is 1. The topological polar surface area (TPSA) is 96.8 Å². The number of nitrogens with zero attached hydrogens (tertiary/aromatic N) is 2. The van der Waals surface area contributed by atoms with Crippen molar-refractivity contribution in [3.63, 3.8) is 0 Å². The van der Waals surface area contributed by atoms with Crippen LogP contribution in [-0.4, -0.2) is 34.9 Å². The van der Waals surface area contributed by atoms with Crippen LogP contribution in [0, 0.1) is 12.7 Å². The lowest BCUT2D eigenvalue weighted by atomic mass is 9.95. The van der Waals surface area contributed by atoms with Crippen LogP contribution in [0.15, 0.2) is 60.2 Å². The molecule has 1 aliphatic heterocycles. The molecule has 0 unspecified atom stereocenters. The molecule has 3 aromatic rings. The van der Waals surface area contributed by atoms with Crippen LogP contribution in [0.2, 0.25) is 0 Å². The van der Waals surface area contributed by atoms with Gasteiger partial charge in [0.15, 0.2) is 5.13 Å². The molecule has 1 saturated heterocycles. The van der Waals surface area contributed by atoms with Crippen LogP contribution in [0.1, 0.15) is 32.5 Å². The molecule has 0 saturated carbocycles. The highest BCUT2D eigenvalue weighted by Crippen LogP contribution is 2.44. The zero-order chi connectivity index (χ0) is 23.0. The lowest BCUT2D eigenvalue weighted by Gasteiger charge is -2.23. The molecule has 1 aromatic heterocycles. The number of carbonyl (C=O) groups is 3. The summed E-state index contributed by atoms with van der Waals surface area (Å²) in [6, 6.07) is 12.6. The van der Waals surface area contributed by atoms with E-state index >= 15 is 0 Å². The Bertz CT molecular complexity index is 1270. The minimum atomic E-state index is -1.27. The van der Waals surface area contributed by atoms with Crippen LogP contribution >= 0.6 is 11.3 Å². The van der Waals surface area contributed by atoms with Crippen molar-refractivity contribution in [2.45, 2.75) is 13.0 Å². The minimum absolute atomic E-state index is 0.0108. The van der Waals surface area contributed by atoms with Crippen LogP contribution in [0.3, 0.4) is 0 Å². The summed E-state index contributed by atoms with van der Waals surface area (Å²) in [6.45, 7) is 1.56. The van der Waals surface area contributed by atoms with Crippen molar-refractivity contribution in [1.29, 1.82) is 0 Å². The average Bonchev–Trinajstić information content (AvgIpc) is 3.30. The number of aliphatic hydroxyl groups excluding tert-OH is 1. The number of benzene rings is 2. The first kappa shape index (κ1) is 21.4. The molecule has 0 aliphatic carbocycles. The number of Topliss-reactive ketones (excluding diaryl/α,β-unsaturated/α-hetero) is 1. The Balaban J connectivity index is 1.96. The Morgan fingerprint density at radius 3 is 2.44 bits per heavy atom. The maximum atomic E-state index is 14.8. The average molecular weight is 452 g/mol. The summed E-state index contributed by atoms with van der Waals surface area (Å²) >= 11 is 0.850. The molecule has 162 valence electrons. The van der Waals surface area contributed by atoms with Crippen molar-refractivity contribution in [2.75, 3.05) is 12.0 Å². The Hall–Kier alpha value is -3.85. The fraction of sp³-hybridized carbons (Fsp3) is 0.130. The number of ether oxygens (including phenoxy) is 1. The van der Waals surface area contributed by atoms with E-state index in [0.29, 0.717) is 11.3 Å². The highest BCUT2D eigenvalue weighted by molar-refractivity contribution is 7.17. The van der Waals surface area contributed by atoms with Gasteiger partial charge in [-0.1, -0.05) is 59.9 Å². The van der Waals surface area contributed by atoms with Gasteiger partial charge in [-0.05, 0) is 13.0 Å². The predicted octanol–water partition coefficient (Wildman–Crippen LogP) is 4.00. The van der Waals surface area contributed by atoms with Gasteiger partial charge in [0.05, 0.1) is 18.4 Å². The summed E-state index contributed by atoms with van der Waals surface area (Å²) in [5.74, 6) is -3.70. The van der Waals surface area contributed by atoms with Gasteiger partial charge in [0.25, 0.3) is 5.78 Å². The van der Waals surface area contributed by atoms with E-state index in [9.17, 15) is 23.9 Å². The van der Waals surface area contributed by atoms with Crippen molar-refractivity contribution in [3.8, 4) is 0 Å². The van der Waals surface area contributed by atoms with E-state index in [2.05, 4.69) is 4.98 Å². The van der Waals surface area contributed by atoms with Gasteiger partial charge in [0.2, 0.25) is 0 Å². The van der Waals surface area contributed by atoms with Gasteiger partial charge in [-0.3, -0.25) is 14.5 Å². The number of ketones is 1. The second-order valence-electron chi connectivity index (χ2n) is 6.96. The van der Waals surface area contributed by atoms with Gasteiger partial charge in [-0.2, -0.15) is 0 Å². The van der Waals surface area contributed by atoms with E-state index in [4.69, 9.17) is 4.74 Å². The van der Waals surface area contributed by atoms with Crippen LogP contribution in [0.4, 0.5) is 9.52 Å². The number of carbonyl (C=O) groups excluding carboxylic acids is 3. The third-order valence-corrected chi connectivity index (χ3v) is 6.19. The third-order valence-electron chi connectivity index (χ3n) is 5.05. The number of aryl methyl sites for hydroxylation is 1. The fourth-order valence-corrected chi connectivity index (χ4v) is 4.55. The molecule has 2 heterocycles. The monoisotopic (exact) mass is 452 g/mol. The van der Waals surface area contributed by atoms with E-state index in [1.165, 1.54) is 25.3 Å². The summed E-state index contributed by atoms with van der Waals surface area (Å²) in [4.78, 5) is 43.6. The molecule has 9 heteroatoms. The molecule has 1 fully saturated rings. The number of hydrogen-bond acceptors (Lipinski definition) is 7. The quantitative estimate of drug-likeness (QED) is 0.278. The summed E-state index contributed by atoms with van der Waals surface area (Å²) in [6.07, 6.45) is 0. The van der Waals surface area contributed by atoms with E-state index in [0.717, 1.165) is 16.2 Å². The molecule has 0 bridgehead atoms. The third kappa shape index (κ3) is 3.46. The molecule has 1 N–H and O–H groups in total. The van der Waals surface area contributed by atoms with Gasteiger partial charge in [0, 0.05) is 11.1 Å².